The lowest BCUT2D eigenvalue weighted by atomic mass is 10.1. The molecule has 1 atom stereocenters. The van der Waals surface area contributed by atoms with Crippen molar-refractivity contribution in [1.29, 1.82) is 5.41 Å². The van der Waals surface area contributed by atoms with Gasteiger partial charge in [0, 0.05) is 28.8 Å². The first kappa shape index (κ1) is 10.9. The predicted octanol–water partition coefficient (Wildman–Crippen LogP) is 2.00. The average Bonchev–Trinajstić information content (AvgIpc) is 2.68. The highest BCUT2D eigenvalue weighted by Crippen LogP contribution is 2.35. The fourth-order valence-electron chi connectivity index (χ4n) is 1.63. The van der Waals surface area contributed by atoms with E-state index in [0.29, 0.717) is 5.96 Å². The summed E-state index contributed by atoms with van der Waals surface area (Å²) in [6.45, 7) is 2.07. The Morgan fingerprint density at radius 2 is 2.20 bits per heavy atom. The van der Waals surface area contributed by atoms with Gasteiger partial charge in [-0.3, -0.25) is 10.4 Å². The zero-order chi connectivity index (χ0) is 11.2. The molecule has 1 aromatic heterocycles. The molecule has 1 unspecified atom stereocenters. The lowest BCUT2D eigenvalue weighted by molar-refractivity contribution is 0.0215. The molecule has 4 nitrogen and oxygen atoms in total. The minimum atomic E-state index is -0.317. The smallest absolute Gasteiger partial charge is 0.207 e. The summed E-state index contributed by atoms with van der Waals surface area (Å²) < 4.78 is 1.08. The van der Waals surface area contributed by atoms with Gasteiger partial charge in [-0.05, 0) is 28.9 Å². The fraction of sp³-hybridized carbons (Fsp3) is 0.444. The Hall–Kier alpha value is -0.590. The zero-order valence-corrected chi connectivity index (χ0v) is 11.2. The van der Waals surface area contributed by atoms with E-state index in [4.69, 9.17) is 5.41 Å². The molecule has 2 heterocycles. The Bertz CT molecular complexity index is 405. The number of rotatable bonds is 1. The second kappa shape index (κ2) is 3.47. The SMILES string of the molecule is CN1C(=N)NC(C)(c2cc(Br)cs2)N1C. The molecule has 0 bridgehead atoms. The van der Waals surface area contributed by atoms with E-state index >= 15 is 0 Å². The Morgan fingerprint density at radius 3 is 2.60 bits per heavy atom. The van der Waals surface area contributed by atoms with E-state index in [-0.39, 0.29) is 5.66 Å². The van der Waals surface area contributed by atoms with Gasteiger partial charge in [0.15, 0.2) is 0 Å². The van der Waals surface area contributed by atoms with Crippen LogP contribution in [0.25, 0.3) is 0 Å². The maximum absolute atomic E-state index is 7.76. The third-order valence-electron chi connectivity index (χ3n) is 2.83. The maximum Gasteiger partial charge on any atom is 0.207 e. The quantitative estimate of drug-likeness (QED) is 0.831. The second-order valence-corrected chi connectivity index (χ2v) is 5.55. The summed E-state index contributed by atoms with van der Waals surface area (Å²) >= 11 is 5.13. The summed E-state index contributed by atoms with van der Waals surface area (Å²) in [5.74, 6) is 0.421. The van der Waals surface area contributed by atoms with Crippen LogP contribution in [-0.2, 0) is 5.66 Å². The van der Waals surface area contributed by atoms with Gasteiger partial charge < -0.3 is 5.32 Å². The van der Waals surface area contributed by atoms with Crippen LogP contribution in [-0.4, -0.2) is 30.1 Å². The first-order valence-electron chi connectivity index (χ1n) is 4.54. The van der Waals surface area contributed by atoms with Crippen LogP contribution in [0, 0.1) is 5.41 Å². The maximum atomic E-state index is 7.76. The van der Waals surface area contributed by atoms with E-state index < -0.39 is 0 Å². The summed E-state index contributed by atoms with van der Waals surface area (Å²) in [7, 11) is 3.85. The highest BCUT2D eigenvalue weighted by atomic mass is 79.9. The Labute approximate surface area is 101 Å². The molecule has 1 fully saturated rings. The molecule has 82 valence electrons. The minimum absolute atomic E-state index is 0.317. The van der Waals surface area contributed by atoms with Crippen LogP contribution in [0.2, 0.25) is 0 Å². The van der Waals surface area contributed by atoms with Gasteiger partial charge in [0.25, 0.3) is 0 Å². The summed E-state index contributed by atoms with van der Waals surface area (Å²) in [6, 6.07) is 2.08. The van der Waals surface area contributed by atoms with E-state index in [1.807, 2.05) is 19.1 Å². The number of thiophene rings is 1. The van der Waals surface area contributed by atoms with Gasteiger partial charge in [-0.25, -0.2) is 0 Å². The van der Waals surface area contributed by atoms with Crippen LogP contribution in [0.15, 0.2) is 15.9 Å². The lowest BCUT2D eigenvalue weighted by Gasteiger charge is -2.32. The van der Waals surface area contributed by atoms with Crippen LogP contribution in [0.3, 0.4) is 0 Å². The molecule has 0 aliphatic carbocycles. The standard InChI is InChI=1S/C9H13BrN4S/c1-9(7-4-6(10)5-15-7)12-8(11)13(2)14(9)3/h4-5H,1-3H3,(H2,11,12). The molecule has 1 saturated heterocycles. The van der Waals surface area contributed by atoms with Crippen LogP contribution in [0.5, 0.6) is 0 Å². The number of guanidine groups is 1. The zero-order valence-electron chi connectivity index (χ0n) is 8.84. The number of nitrogens with zero attached hydrogens (tertiary/aromatic N) is 2. The first-order chi connectivity index (χ1) is 6.95. The Balaban J connectivity index is 2.39. The average molecular weight is 289 g/mol. The third-order valence-corrected chi connectivity index (χ3v) is 4.73. The minimum Gasteiger partial charge on any atom is -0.331 e. The fourth-order valence-corrected chi connectivity index (χ4v) is 3.21. The number of nitrogens with one attached hydrogen (secondary N) is 2. The van der Waals surface area contributed by atoms with Gasteiger partial charge in [0.1, 0.15) is 5.66 Å². The highest BCUT2D eigenvalue weighted by Gasteiger charge is 2.42. The Kier molecular flexibility index (Phi) is 2.52. The molecular weight excluding hydrogens is 276 g/mol. The van der Waals surface area contributed by atoms with Crippen molar-refractivity contribution in [1.82, 2.24) is 15.3 Å². The number of halogens is 1. The summed E-state index contributed by atoms with van der Waals surface area (Å²) in [4.78, 5) is 1.19. The van der Waals surface area contributed by atoms with Gasteiger partial charge in [0.05, 0.1) is 0 Å². The molecule has 2 rings (SSSR count). The molecule has 1 aromatic rings. The number of hydrogen-bond donors (Lipinski definition) is 2. The third kappa shape index (κ3) is 1.56. The lowest BCUT2D eigenvalue weighted by Crippen LogP contribution is -2.45. The van der Waals surface area contributed by atoms with Crippen molar-refractivity contribution in [3.8, 4) is 0 Å². The normalized spacial score (nSPS) is 27.2. The molecular formula is C9H13BrN4S. The molecule has 0 spiro atoms. The molecule has 0 radical (unpaired) electrons. The molecule has 1 aliphatic rings. The van der Waals surface area contributed by atoms with E-state index in [9.17, 15) is 0 Å². The largest absolute Gasteiger partial charge is 0.331 e. The van der Waals surface area contributed by atoms with Crippen molar-refractivity contribution in [3.05, 3.63) is 20.8 Å². The second-order valence-electron chi connectivity index (χ2n) is 3.72. The van der Waals surface area contributed by atoms with E-state index in [1.54, 1.807) is 16.3 Å². The van der Waals surface area contributed by atoms with Crippen LogP contribution < -0.4 is 5.32 Å². The highest BCUT2D eigenvalue weighted by molar-refractivity contribution is 9.10. The van der Waals surface area contributed by atoms with Crippen molar-refractivity contribution >= 4 is 33.2 Å². The van der Waals surface area contributed by atoms with Crippen molar-refractivity contribution < 1.29 is 0 Å². The summed E-state index contributed by atoms with van der Waals surface area (Å²) in [5, 5.41) is 16.8. The predicted molar refractivity (Wildman–Crippen MR) is 65.8 cm³/mol. The van der Waals surface area contributed by atoms with E-state index in [1.165, 1.54) is 4.88 Å². The van der Waals surface area contributed by atoms with Crippen LogP contribution in [0.4, 0.5) is 0 Å². The van der Waals surface area contributed by atoms with Gasteiger partial charge >= 0.3 is 0 Å². The summed E-state index contributed by atoms with van der Waals surface area (Å²) in [5.41, 5.74) is -0.317. The van der Waals surface area contributed by atoms with Crippen LogP contribution >= 0.6 is 27.3 Å². The van der Waals surface area contributed by atoms with Gasteiger partial charge in [-0.15, -0.1) is 11.3 Å². The van der Waals surface area contributed by atoms with Crippen LogP contribution in [0.1, 0.15) is 11.8 Å². The molecule has 15 heavy (non-hydrogen) atoms. The van der Waals surface area contributed by atoms with Crippen molar-refractivity contribution in [2.24, 2.45) is 0 Å². The number of hydrogen-bond acceptors (Lipinski definition) is 3. The number of hydrazine groups is 1. The molecule has 0 aromatic carbocycles. The summed E-state index contributed by atoms with van der Waals surface area (Å²) in [6.07, 6.45) is 0. The van der Waals surface area contributed by atoms with Crippen molar-refractivity contribution in [3.63, 3.8) is 0 Å². The van der Waals surface area contributed by atoms with E-state index in [2.05, 4.69) is 39.6 Å². The van der Waals surface area contributed by atoms with Crippen molar-refractivity contribution in [2.75, 3.05) is 14.1 Å². The molecule has 2 N–H and O–H groups in total. The topological polar surface area (TPSA) is 42.4 Å². The Morgan fingerprint density at radius 1 is 1.53 bits per heavy atom. The van der Waals surface area contributed by atoms with Gasteiger partial charge in [-0.2, -0.15) is 5.01 Å². The van der Waals surface area contributed by atoms with E-state index in [0.717, 1.165) is 4.47 Å². The molecule has 0 saturated carbocycles. The van der Waals surface area contributed by atoms with Crippen molar-refractivity contribution in [2.45, 2.75) is 12.6 Å². The van der Waals surface area contributed by atoms with Gasteiger partial charge in [0.2, 0.25) is 5.96 Å². The molecule has 0 amide bonds. The molecule has 6 heteroatoms. The van der Waals surface area contributed by atoms with Gasteiger partial charge in [-0.1, -0.05) is 0 Å². The monoisotopic (exact) mass is 288 g/mol. The first-order valence-corrected chi connectivity index (χ1v) is 6.21. The molecule has 1 aliphatic heterocycles.